The maximum Gasteiger partial charge on any atom is 0.312 e. The molecule has 4 rings (SSSR count). The van der Waals surface area contributed by atoms with E-state index in [1.54, 1.807) is 0 Å². The highest BCUT2D eigenvalue weighted by atomic mass is 16.5. The largest absolute Gasteiger partial charge is 0.465 e. The minimum absolute atomic E-state index is 0.0324. The van der Waals surface area contributed by atoms with Gasteiger partial charge < -0.3 is 4.74 Å². The first-order valence-corrected chi connectivity index (χ1v) is 7.82. The van der Waals surface area contributed by atoms with Crippen LogP contribution < -0.4 is 0 Å². The molecule has 1 heterocycles. The van der Waals surface area contributed by atoms with Gasteiger partial charge >= 0.3 is 5.97 Å². The van der Waals surface area contributed by atoms with Crippen molar-refractivity contribution in [2.45, 2.75) is 26.2 Å². The SMILES string of the molecule is CC1CC2COC(=O)C2(Cc2ccc3ccccc3c2)C1. The summed E-state index contributed by atoms with van der Waals surface area (Å²) < 4.78 is 5.39. The summed E-state index contributed by atoms with van der Waals surface area (Å²) in [6, 6.07) is 15.0. The summed E-state index contributed by atoms with van der Waals surface area (Å²) in [4.78, 5) is 12.4. The van der Waals surface area contributed by atoms with Crippen molar-refractivity contribution >= 4 is 16.7 Å². The maximum atomic E-state index is 12.4. The number of benzene rings is 2. The van der Waals surface area contributed by atoms with Crippen LogP contribution in [0.2, 0.25) is 0 Å². The zero-order chi connectivity index (χ0) is 14.4. The van der Waals surface area contributed by atoms with Crippen LogP contribution in [0, 0.1) is 17.3 Å². The van der Waals surface area contributed by atoms with Gasteiger partial charge in [0.1, 0.15) is 0 Å². The van der Waals surface area contributed by atoms with Gasteiger partial charge in [-0.3, -0.25) is 4.79 Å². The predicted molar refractivity (Wildman–Crippen MR) is 82.9 cm³/mol. The lowest BCUT2D eigenvalue weighted by atomic mass is 9.75. The number of cyclic esters (lactones) is 1. The van der Waals surface area contributed by atoms with E-state index in [1.807, 2.05) is 0 Å². The van der Waals surface area contributed by atoms with E-state index in [0.29, 0.717) is 18.4 Å². The molecular weight excluding hydrogens is 260 g/mol. The van der Waals surface area contributed by atoms with Crippen LogP contribution in [0.4, 0.5) is 0 Å². The number of carbonyl (C=O) groups excluding carboxylic acids is 1. The number of rotatable bonds is 2. The summed E-state index contributed by atoms with van der Waals surface area (Å²) in [6.07, 6.45) is 2.92. The standard InChI is InChI=1S/C19H20O2/c1-13-8-17-12-21-18(20)19(17,10-13)11-14-6-7-15-4-2-3-5-16(15)9-14/h2-7,9,13,17H,8,10-12H2,1H3. The van der Waals surface area contributed by atoms with E-state index in [2.05, 4.69) is 49.4 Å². The van der Waals surface area contributed by atoms with Crippen molar-refractivity contribution in [2.75, 3.05) is 6.61 Å². The molecule has 21 heavy (non-hydrogen) atoms. The van der Waals surface area contributed by atoms with Gasteiger partial charge in [0.2, 0.25) is 0 Å². The average molecular weight is 280 g/mol. The lowest BCUT2D eigenvalue weighted by Crippen LogP contribution is -2.31. The zero-order valence-electron chi connectivity index (χ0n) is 12.3. The lowest BCUT2D eigenvalue weighted by Gasteiger charge is -2.24. The highest BCUT2D eigenvalue weighted by Crippen LogP contribution is 2.53. The second kappa shape index (κ2) is 4.59. The van der Waals surface area contributed by atoms with Crippen LogP contribution in [0.1, 0.15) is 25.3 Å². The Balaban J connectivity index is 1.71. The fourth-order valence-electron chi connectivity index (χ4n) is 4.38. The van der Waals surface area contributed by atoms with Crippen molar-refractivity contribution in [2.24, 2.45) is 17.3 Å². The number of esters is 1. The fraction of sp³-hybridized carbons (Fsp3) is 0.421. The molecule has 1 aliphatic carbocycles. The molecule has 0 bridgehead atoms. The zero-order valence-corrected chi connectivity index (χ0v) is 12.3. The molecule has 1 saturated heterocycles. The van der Waals surface area contributed by atoms with Crippen molar-refractivity contribution in [3.8, 4) is 0 Å². The predicted octanol–water partition coefficient (Wildman–Crippen LogP) is 3.97. The molecule has 2 aromatic carbocycles. The van der Waals surface area contributed by atoms with Gasteiger partial charge in [0.25, 0.3) is 0 Å². The van der Waals surface area contributed by atoms with Crippen LogP contribution in [-0.4, -0.2) is 12.6 Å². The molecule has 1 aliphatic heterocycles. The lowest BCUT2D eigenvalue weighted by molar-refractivity contribution is -0.146. The van der Waals surface area contributed by atoms with Gasteiger partial charge in [0, 0.05) is 5.92 Å². The van der Waals surface area contributed by atoms with Crippen molar-refractivity contribution in [3.63, 3.8) is 0 Å². The van der Waals surface area contributed by atoms with E-state index in [9.17, 15) is 4.79 Å². The van der Waals surface area contributed by atoms with Gasteiger partial charge in [-0.2, -0.15) is 0 Å². The quantitative estimate of drug-likeness (QED) is 0.778. The molecule has 108 valence electrons. The summed E-state index contributed by atoms with van der Waals surface area (Å²) in [5, 5.41) is 2.50. The third kappa shape index (κ3) is 1.97. The Morgan fingerprint density at radius 2 is 2.00 bits per heavy atom. The second-order valence-corrected chi connectivity index (χ2v) is 6.85. The first-order valence-electron chi connectivity index (χ1n) is 7.82. The molecule has 0 aromatic heterocycles. The van der Waals surface area contributed by atoms with E-state index in [1.165, 1.54) is 16.3 Å². The molecule has 3 atom stereocenters. The van der Waals surface area contributed by atoms with E-state index in [4.69, 9.17) is 4.74 Å². The summed E-state index contributed by atoms with van der Waals surface area (Å²) in [7, 11) is 0. The van der Waals surface area contributed by atoms with Gasteiger partial charge in [-0.25, -0.2) is 0 Å². The summed E-state index contributed by atoms with van der Waals surface area (Å²) in [5.41, 5.74) is 0.994. The Morgan fingerprint density at radius 3 is 2.86 bits per heavy atom. The highest BCUT2D eigenvalue weighted by Gasteiger charge is 2.56. The van der Waals surface area contributed by atoms with Crippen molar-refractivity contribution in [1.29, 1.82) is 0 Å². The van der Waals surface area contributed by atoms with Crippen molar-refractivity contribution in [3.05, 3.63) is 48.0 Å². The van der Waals surface area contributed by atoms with Gasteiger partial charge in [0.05, 0.1) is 12.0 Å². The molecule has 2 nitrogen and oxygen atoms in total. The Bertz CT molecular complexity index is 706. The Hall–Kier alpha value is -1.83. The number of hydrogen-bond donors (Lipinski definition) is 0. The first-order chi connectivity index (χ1) is 10.2. The van der Waals surface area contributed by atoms with Crippen LogP contribution in [0.5, 0.6) is 0 Å². The fourth-order valence-corrected chi connectivity index (χ4v) is 4.38. The first kappa shape index (κ1) is 12.9. The monoisotopic (exact) mass is 280 g/mol. The van der Waals surface area contributed by atoms with E-state index >= 15 is 0 Å². The number of hydrogen-bond acceptors (Lipinski definition) is 2. The number of fused-ring (bicyclic) bond motifs is 2. The maximum absolute atomic E-state index is 12.4. The van der Waals surface area contributed by atoms with Gasteiger partial charge in [-0.15, -0.1) is 0 Å². The molecular formula is C19H20O2. The number of ether oxygens (including phenoxy) is 1. The minimum atomic E-state index is -0.262. The summed E-state index contributed by atoms with van der Waals surface area (Å²) in [5.74, 6) is 1.07. The van der Waals surface area contributed by atoms with Crippen LogP contribution in [0.25, 0.3) is 10.8 Å². The van der Waals surface area contributed by atoms with Gasteiger partial charge in [-0.1, -0.05) is 49.4 Å². The molecule has 0 radical (unpaired) electrons. The molecule has 0 spiro atoms. The minimum Gasteiger partial charge on any atom is -0.465 e. The van der Waals surface area contributed by atoms with Gasteiger partial charge in [-0.05, 0) is 41.5 Å². The Labute approximate surface area is 125 Å². The molecule has 0 N–H and O–H groups in total. The molecule has 2 heteroatoms. The normalized spacial score (nSPS) is 31.4. The molecule has 2 fully saturated rings. The molecule has 1 saturated carbocycles. The summed E-state index contributed by atoms with van der Waals surface area (Å²) in [6.45, 7) is 2.88. The Kier molecular flexibility index (Phi) is 2.81. The molecule has 3 unspecified atom stereocenters. The van der Waals surface area contributed by atoms with E-state index in [-0.39, 0.29) is 11.4 Å². The van der Waals surface area contributed by atoms with Crippen LogP contribution in [-0.2, 0) is 16.0 Å². The van der Waals surface area contributed by atoms with Gasteiger partial charge in [0.15, 0.2) is 0 Å². The average Bonchev–Trinajstić information content (AvgIpc) is 2.94. The second-order valence-electron chi connectivity index (χ2n) is 6.85. The number of carbonyl (C=O) groups is 1. The highest BCUT2D eigenvalue weighted by molar-refractivity contribution is 5.84. The molecule has 2 aromatic rings. The van der Waals surface area contributed by atoms with Crippen LogP contribution in [0.15, 0.2) is 42.5 Å². The third-order valence-electron chi connectivity index (χ3n) is 5.34. The third-order valence-corrected chi connectivity index (χ3v) is 5.34. The smallest absolute Gasteiger partial charge is 0.312 e. The van der Waals surface area contributed by atoms with Crippen molar-refractivity contribution < 1.29 is 9.53 Å². The van der Waals surface area contributed by atoms with E-state index in [0.717, 1.165) is 19.3 Å². The Morgan fingerprint density at radius 1 is 1.19 bits per heavy atom. The topological polar surface area (TPSA) is 26.3 Å². The summed E-state index contributed by atoms with van der Waals surface area (Å²) >= 11 is 0. The molecule has 0 amide bonds. The van der Waals surface area contributed by atoms with Crippen LogP contribution >= 0.6 is 0 Å². The molecule has 2 aliphatic rings. The van der Waals surface area contributed by atoms with E-state index < -0.39 is 0 Å². The van der Waals surface area contributed by atoms with Crippen LogP contribution in [0.3, 0.4) is 0 Å². The van der Waals surface area contributed by atoms with Crippen molar-refractivity contribution in [1.82, 2.24) is 0 Å².